The molecule has 2 rings (SSSR count). The fraction of sp³-hybridized carbons (Fsp3) is 1.00. The summed E-state index contributed by atoms with van der Waals surface area (Å²) in [5.74, 6) is 0.845. The van der Waals surface area contributed by atoms with Crippen molar-refractivity contribution in [3.63, 3.8) is 0 Å². The summed E-state index contributed by atoms with van der Waals surface area (Å²) in [5.41, 5.74) is 0. The van der Waals surface area contributed by atoms with Crippen LogP contribution < -0.4 is 5.32 Å². The molecule has 0 spiro atoms. The normalized spacial score (nSPS) is 35.2. The maximum absolute atomic E-state index is 3.47. The minimum absolute atomic E-state index is 0.845. The Balaban J connectivity index is 1.86. The van der Waals surface area contributed by atoms with Gasteiger partial charge in [-0.3, -0.25) is 4.90 Å². The highest BCUT2D eigenvalue weighted by Crippen LogP contribution is 2.27. The van der Waals surface area contributed by atoms with Crippen molar-refractivity contribution in [2.45, 2.75) is 25.8 Å². The van der Waals surface area contributed by atoms with Gasteiger partial charge in [0.1, 0.15) is 0 Å². The number of hydrogen-bond acceptors (Lipinski definition) is 2. The minimum atomic E-state index is 0.845. The third-order valence-corrected chi connectivity index (χ3v) is 2.68. The molecule has 0 radical (unpaired) electrons. The molecule has 0 unspecified atom stereocenters. The summed E-state index contributed by atoms with van der Waals surface area (Å²) in [6.45, 7) is 7.34. The molecule has 0 aromatic rings. The van der Waals surface area contributed by atoms with Gasteiger partial charge in [0.2, 0.25) is 0 Å². The standard InChI is InChI=1S/C9H18N2/c1-8-6-10-4-5-11(7-8)9-2-3-9/h8-10H,2-7H2,1H3/t8-/m0/s1. The van der Waals surface area contributed by atoms with Crippen molar-refractivity contribution in [1.29, 1.82) is 0 Å². The Bertz CT molecular complexity index is 132. The first kappa shape index (κ1) is 7.56. The summed E-state index contributed by atoms with van der Waals surface area (Å²) in [5, 5.41) is 3.47. The molecule has 1 aliphatic carbocycles. The van der Waals surface area contributed by atoms with E-state index in [0.29, 0.717) is 0 Å². The van der Waals surface area contributed by atoms with Crippen LogP contribution in [0.5, 0.6) is 0 Å². The van der Waals surface area contributed by atoms with Gasteiger partial charge < -0.3 is 5.32 Å². The highest BCUT2D eigenvalue weighted by Gasteiger charge is 2.30. The molecule has 2 aliphatic rings. The van der Waals surface area contributed by atoms with E-state index in [2.05, 4.69) is 17.1 Å². The largest absolute Gasteiger partial charge is 0.315 e. The van der Waals surface area contributed by atoms with Gasteiger partial charge in [0.25, 0.3) is 0 Å². The van der Waals surface area contributed by atoms with Crippen molar-refractivity contribution in [2.24, 2.45) is 5.92 Å². The van der Waals surface area contributed by atoms with Crippen LogP contribution in [0, 0.1) is 5.92 Å². The SMILES string of the molecule is C[C@H]1CNCCN(C2CC2)C1. The molecule has 0 amide bonds. The topological polar surface area (TPSA) is 15.3 Å². The molecule has 1 N–H and O–H groups in total. The van der Waals surface area contributed by atoms with E-state index in [1.54, 1.807) is 0 Å². The monoisotopic (exact) mass is 154 g/mol. The maximum Gasteiger partial charge on any atom is 0.0110 e. The van der Waals surface area contributed by atoms with Crippen LogP contribution in [0.3, 0.4) is 0 Å². The third kappa shape index (κ3) is 1.94. The van der Waals surface area contributed by atoms with Crippen LogP contribution >= 0.6 is 0 Å². The second kappa shape index (κ2) is 3.11. The molecule has 2 fully saturated rings. The molecule has 11 heavy (non-hydrogen) atoms. The molecule has 1 saturated heterocycles. The summed E-state index contributed by atoms with van der Waals surface area (Å²) in [4.78, 5) is 2.66. The van der Waals surface area contributed by atoms with Crippen molar-refractivity contribution in [2.75, 3.05) is 26.2 Å². The summed E-state index contributed by atoms with van der Waals surface area (Å²) in [6, 6.07) is 0.956. The van der Waals surface area contributed by atoms with Crippen LogP contribution in [-0.4, -0.2) is 37.1 Å². The van der Waals surface area contributed by atoms with Crippen molar-refractivity contribution in [3.05, 3.63) is 0 Å². The Morgan fingerprint density at radius 2 is 2.18 bits per heavy atom. The molecule has 1 heterocycles. The van der Waals surface area contributed by atoms with Gasteiger partial charge in [-0.05, 0) is 25.3 Å². The lowest BCUT2D eigenvalue weighted by Gasteiger charge is -2.20. The van der Waals surface area contributed by atoms with Gasteiger partial charge in [0, 0.05) is 25.7 Å². The molecule has 1 atom stereocenters. The van der Waals surface area contributed by atoms with Crippen LogP contribution in [0.2, 0.25) is 0 Å². The Labute approximate surface area is 69.0 Å². The molecular weight excluding hydrogens is 136 g/mol. The number of hydrogen-bond donors (Lipinski definition) is 1. The summed E-state index contributed by atoms with van der Waals surface area (Å²) in [6.07, 6.45) is 2.90. The fourth-order valence-electron chi connectivity index (χ4n) is 1.90. The Morgan fingerprint density at radius 1 is 1.36 bits per heavy atom. The highest BCUT2D eigenvalue weighted by molar-refractivity contribution is 4.86. The van der Waals surface area contributed by atoms with Crippen LogP contribution in [0.4, 0.5) is 0 Å². The molecule has 2 nitrogen and oxygen atoms in total. The van der Waals surface area contributed by atoms with Gasteiger partial charge in [0.05, 0.1) is 0 Å². The number of nitrogens with one attached hydrogen (secondary N) is 1. The molecule has 2 heteroatoms. The quantitative estimate of drug-likeness (QED) is 0.598. The second-order valence-electron chi connectivity index (χ2n) is 4.04. The highest BCUT2D eigenvalue weighted by atomic mass is 15.2. The zero-order valence-corrected chi connectivity index (χ0v) is 7.34. The zero-order valence-electron chi connectivity index (χ0n) is 7.34. The van der Waals surface area contributed by atoms with E-state index in [1.807, 2.05) is 0 Å². The van der Waals surface area contributed by atoms with Gasteiger partial charge in [-0.2, -0.15) is 0 Å². The van der Waals surface area contributed by atoms with Crippen molar-refractivity contribution >= 4 is 0 Å². The van der Waals surface area contributed by atoms with Crippen LogP contribution in [0.15, 0.2) is 0 Å². The van der Waals surface area contributed by atoms with Gasteiger partial charge >= 0.3 is 0 Å². The van der Waals surface area contributed by atoms with E-state index in [1.165, 1.54) is 39.0 Å². The molecule has 0 aromatic carbocycles. The van der Waals surface area contributed by atoms with Crippen molar-refractivity contribution in [1.82, 2.24) is 10.2 Å². The average Bonchev–Trinajstić information content (AvgIpc) is 2.71. The van der Waals surface area contributed by atoms with Gasteiger partial charge in [-0.15, -0.1) is 0 Å². The molecule has 0 bridgehead atoms. The first-order chi connectivity index (χ1) is 5.36. The first-order valence-corrected chi connectivity index (χ1v) is 4.81. The summed E-state index contributed by atoms with van der Waals surface area (Å²) in [7, 11) is 0. The number of rotatable bonds is 1. The van der Waals surface area contributed by atoms with E-state index < -0.39 is 0 Å². The molecule has 1 aliphatic heterocycles. The van der Waals surface area contributed by atoms with E-state index in [4.69, 9.17) is 0 Å². The van der Waals surface area contributed by atoms with Crippen LogP contribution in [0.25, 0.3) is 0 Å². The maximum atomic E-state index is 3.47. The lowest BCUT2D eigenvalue weighted by atomic mass is 10.2. The lowest BCUT2D eigenvalue weighted by Crippen LogP contribution is -2.31. The Kier molecular flexibility index (Phi) is 2.14. The minimum Gasteiger partial charge on any atom is -0.315 e. The van der Waals surface area contributed by atoms with E-state index in [0.717, 1.165) is 12.0 Å². The van der Waals surface area contributed by atoms with Crippen LogP contribution in [-0.2, 0) is 0 Å². The predicted molar refractivity (Wildman–Crippen MR) is 46.6 cm³/mol. The van der Waals surface area contributed by atoms with Gasteiger partial charge in [-0.1, -0.05) is 6.92 Å². The predicted octanol–water partition coefficient (Wildman–Crippen LogP) is 0.690. The molecule has 64 valence electrons. The Morgan fingerprint density at radius 3 is 2.91 bits per heavy atom. The first-order valence-electron chi connectivity index (χ1n) is 4.81. The van der Waals surface area contributed by atoms with Gasteiger partial charge in [-0.25, -0.2) is 0 Å². The van der Waals surface area contributed by atoms with E-state index in [9.17, 15) is 0 Å². The van der Waals surface area contributed by atoms with Gasteiger partial charge in [0.15, 0.2) is 0 Å². The molecular formula is C9H18N2. The molecule has 1 saturated carbocycles. The molecule has 0 aromatic heterocycles. The zero-order chi connectivity index (χ0) is 7.68. The average molecular weight is 154 g/mol. The lowest BCUT2D eigenvalue weighted by molar-refractivity contribution is 0.255. The summed E-state index contributed by atoms with van der Waals surface area (Å²) >= 11 is 0. The van der Waals surface area contributed by atoms with Crippen molar-refractivity contribution < 1.29 is 0 Å². The third-order valence-electron chi connectivity index (χ3n) is 2.68. The van der Waals surface area contributed by atoms with Crippen LogP contribution in [0.1, 0.15) is 19.8 Å². The smallest absolute Gasteiger partial charge is 0.0110 e. The fourth-order valence-corrected chi connectivity index (χ4v) is 1.90. The van der Waals surface area contributed by atoms with E-state index in [-0.39, 0.29) is 0 Å². The van der Waals surface area contributed by atoms with Crippen molar-refractivity contribution in [3.8, 4) is 0 Å². The number of nitrogens with zero attached hydrogens (tertiary/aromatic N) is 1. The van der Waals surface area contributed by atoms with E-state index >= 15 is 0 Å². The second-order valence-corrected chi connectivity index (χ2v) is 4.04. The summed E-state index contributed by atoms with van der Waals surface area (Å²) < 4.78 is 0. The Hall–Kier alpha value is -0.0800.